The fourth-order valence-corrected chi connectivity index (χ4v) is 7.29. The van der Waals surface area contributed by atoms with Gasteiger partial charge in [-0.3, -0.25) is 4.79 Å². The van der Waals surface area contributed by atoms with Crippen molar-refractivity contribution in [3.63, 3.8) is 0 Å². The smallest absolute Gasteiger partial charge is 0.136 e. The molecule has 1 heterocycles. The Labute approximate surface area is 132 Å². The average Bonchev–Trinajstić information content (AvgIpc) is 3.14. The molecule has 1 saturated heterocycles. The molecule has 0 amide bonds. The van der Waals surface area contributed by atoms with E-state index in [4.69, 9.17) is 4.74 Å². The second-order valence-electron chi connectivity index (χ2n) is 9.40. The second-order valence-corrected chi connectivity index (χ2v) is 9.40. The van der Waals surface area contributed by atoms with Crippen LogP contribution in [0.1, 0.15) is 58.8 Å². The fraction of sp³-hybridized carbons (Fsp3) is 0.947. The van der Waals surface area contributed by atoms with Crippen molar-refractivity contribution in [2.75, 3.05) is 0 Å². The van der Waals surface area contributed by atoms with Crippen LogP contribution in [0.25, 0.3) is 0 Å². The maximum atomic E-state index is 12.9. The number of hydrogen-bond donors (Lipinski definition) is 1. The van der Waals surface area contributed by atoms with Gasteiger partial charge in [0.15, 0.2) is 0 Å². The highest BCUT2D eigenvalue weighted by molar-refractivity contribution is 5.83. The Morgan fingerprint density at radius 2 is 1.86 bits per heavy atom. The Hall–Kier alpha value is -0.410. The summed E-state index contributed by atoms with van der Waals surface area (Å²) in [6, 6.07) is 0. The summed E-state index contributed by atoms with van der Waals surface area (Å²) in [6.45, 7) is 4.67. The van der Waals surface area contributed by atoms with Crippen molar-refractivity contribution in [1.29, 1.82) is 0 Å². The maximum Gasteiger partial charge on any atom is 0.136 e. The molecule has 3 nitrogen and oxygen atoms in total. The van der Waals surface area contributed by atoms with Gasteiger partial charge in [-0.2, -0.15) is 0 Å². The zero-order chi connectivity index (χ0) is 15.3. The van der Waals surface area contributed by atoms with Gasteiger partial charge in [-0.15, -0.1) is 0 Å². The summed E-state index contributed by atoms with van der Waals surface area (Å²) < 4.78 is 5.79. The van der Waals surface area contributed by atoms with Gasteiger partial charge >= 0.3 is 0 Å². The Kier molecular flexibility index (Phi) is 2.64. The molecule has 22 heavy (non-hydrogen) atoms. The first-order chi connectivity index (χ1) is 10.4. The minimum atomic E-state index is -0.151. The first-order valence-electron chi connectivity index (χ1n) is 9.30. The summed E-state index contributed by atoms with van der Waals surface area (Å²) >= 11 is 0. The maximum absolute atomic E-state index is 12.9. The van der Waals surface area contributed by atoms with Gasteiger partial charge in [0.05, 0.1) is 18.3 Å². The van der Waals surface area contributed by atoms with Crippen LogP contribution in [0, 0.1) is 34.5 Å². The minimum Gasteiger partial charge on any atom is -0.393 e. The SMILES string of the molecule is C[C@]12C[C@H]3O[C@H]3C[C@@H]1C(=O)C[C@@H]1[C@@H]2CC[C@]2(C)[C@@H](O)CC[C@@H]12. The van der Waals surface area contributed by atoms with Gasteiger partial charge in [-0.05, 0) is 67.1 Å². The lowest BCUT2D eigenvalue weighted by atomic mass is 9.45. The predicted octanol–water partition coefficient (Wildman–Crippen LogP) is 2.95. The van der Waals surface area contributed by atoms with Crippen LogP contribution in [0.15, 0.2) is 0 Å². The quantitative estimate of drug-likeness (QED) is 0.700. The molecular formula is C19H28O3. The molecule has 5 fully saturated rings. The van der Waals surface area contributed by atoms with Crippen molar-refractivity contribution in [1.82, 2.24) is 0 Å². The summed E-state index contributed by atoms with van der Waals surface area (Å²) in [7, 11) is 0. The second kappa shape index (κ2) is 4.16. The molecule has 9 atom stereocenters. The van der Waals surface area contributed by atoms with Crippen molar-refractivity contribution in [2.24, 2.45) is 34.5 Å². The van der Waals surface area contributed by atoms with Crippen molar-refractivity contribution < 1.29 is 14.6 Å². The third-order valence-corrected chi connectivity index (χ3v) is 8.65. The normalized spacial score (nSPS) is 62.7. The van der Waals surface area contributed by atoms with Crippen molar-refractivity contribution in [2.45, 2.75) is 77.1 Å². The van der Waals surface area contributed by atoms with E-state index in [2.05, 4.69) is 13.8 Å². The first-order valence-corrected chi connectivity index (χ1v) is 9.30. The molecule has 5 rings (SSSR count). The molecule has 0 bridgehead atoms. The van der Waals surface area contributed by atoms with Gasteiger partial charge in [-0.25, -0.2) is 0 Å². The highest BCUT2D eigenvalue weighted by Crippen LogP contribution is 2.66. The number of rotatable bonds is 0. The molecule has 5 aliphatic rings. The Morgan fingerprint density at radius 3 is 2.68 bits per heavy atom. The highest BCUT2D eigenvalue weighted by Gasteiger charge is 2.65. The predicted molar refractivity (Wildman–Crippen MR) is 82.2 cm³/mol. The van der Waals surface area contributed by atoms with E-state index in [1.54, 1.807) is 0 Å². The standard InChI is InChI=1S/C19H28O3/c1-18-6-5-12-10(11(18)3-4-17(18)21)7-14(20)13-8-15-16(22-15)9-19(12,13)2/h10-13,15-17,21H,3-9H2,1-2H3/t10-,11-,12-,13+,15-,16+,17-,18-,19+/m0/s1. The molecule has 4 saturated carbocycles. The summed E-state index contributed by atoms with van der Waals surface area (Å²) in [5.41, 5.74) is 0.227. The lowest BCUT2D eigenvalue weighted by molar-refractivity contribution is -0.154. The van der Waals surface area contributed by atoms with Gasteiger partial charge in [0.25, 0.3) is 0 Å². The van der Waals surface area contributed by atoms with Crippen LogP contribution in [0.2, 0.25) is 0 Å². The number of epoxide rings is 1. The van der Waals surface area contributed by atoms with Crippen LogP contribution in [0.5, 0.6) is 0 Å². The lowest BCUT2D eigenvalue weighted by Gasteiger charge is -2.58. The number of ether oxygens (including phenoxy) is 1. The van der Waals surface area contributed by atoms with Crippen molar-refractivity contribution in [3.8, 4) is 0 Å². The number of carbonyl (C=O) groups is 1. The van der Waals surface area contributed by atoms with Gasteiger partial charge < -0.3 is 9.84 Å². The van der Waals surface area contributed by atoms with Gasteiger partial charge in [0.1, 0.15) is 5.78 Å². The van der Waals surface area contributed by atoms with E-state index in [0.29, 0.717) is 35.7 Å². The van der Waals surface area contributed by atoms with Gasteiger partial charge in [0, 0.05) is 12.3 Å². The van der Waals surface area contributed by atoms with Crippen LogP contribution >= 0.6 is 0 Å². The van der Waals surface area contributed by atoms with Gasteiger partial charge in [0.2, 0.25) is 0 Å². The lowest BCUT2D eigenvalue weighted by Crippen LogP contribution is -2.57. The molecule has 0 aromatic heterocycles. The average molecular weight is 304 g/mol. The van der Waals surface area contributed by atoms with Crippen LogP contribution in [-0.2, 0) is 9.53 Å². The third kappa shape index (κ3) is 1.57. The molecule has 0 aromatic rings. The van der Waals surface area contributed by atoms with E-state index in [9.17, 15) is 9.90 Å². The molecule has 0 aromatic carbocycles. The summed E-state index contributed by atoms with van der Waals surface area (Å²) in [6.07, 6.45) is 7.93. The summed E-state index contributed by atoms with van der Waals surface area (Å²) in [5.74, 6) is 2.49. The summed E-state index contributed by atoms with van der Waals surface area (Å²) in [5, 5.41) is 10.5. The zero-order valence-corrected chi connectivity index (χ0v) is 13.8. The molecule has 1 N–H and O–H groups in total. The highest BCUT2D eigenvalue weighted by atomic mass is 16.6. The number of carbonyl (C=O) groups excluding carboxylic acids is 1. The fourth-order valence-electron chi connectivity index (χ4n) is 7.29. The largest absolute Gasteiger partial charge is 0.393 e. The Balaban J connectivity index is 1.52. The number of ketones is 1. The molecule has 0 unspecified atom stereocenters. The Morgan fingerprint density at radius 1 is 1.09 bits per heavy atom. The van der Waals surface area contributed by atoms with Gasteiger partial charge in [-0.1, -0.05) is 13.8 Å². The van der Waals surface area contributed by atoms with Crippen molar-refractivity contribution in [3.05, 3.63) is 0 Å². The van der Waals surface area contributed by atoms with E-state index in [-0.39, 0.29) is 22.9 Å². The van der Waals surface area contributed by atoms with E-state index < -0.39 is 0 Å². The van der Waals surface area contributed by atoms with E-state index in [1.165, 1.54) is 6.42 Å². The van der Waals surface area contributed by atoms with Crippen LogP contribution in [-0.4, -0.2) is 29.2 Å². The first kappa shape index (κ1) is 14.0. The van der Waals surface area contributed by atoms with E-state index >= 15 is 0 Å². The minimum absolute atomic E-state index is 0.0674. The topological polar surface area (TPSA) is 49.8 Å². The number of Topliss-reactive ketones (excluding diaryl/α,β-unsaturated/α-hetero) is 1. The zero-order valence-electron chi connectivity index (χ0n) is 13.8. The van der Waals surface area contributed by atoms with Crippen LogP contribution in [0.4, 0.5) is 0 Å². The third-order valence-electron chi connectivity index (χ3n) is 8.65. The Bertz CT molecular complexity index is 531. The number of aliphatic hydroxyl groups excluding tert-OH is 1. The van der Waals surface area contributed by atoms with Crippen LogP contribution < -0.4 is 0 Å². The summed E-state index contributed by atoms with van der Waals surface area (Å²) in [4.78, 5) is 12.9. The number of hydrogen-bond acceptors (Lipinski definition) is 3. The number of fused-ring (bicyclic) bond motifs is 6. The van der Waals surface area contributed by atoms with Crippen LogP contribution in [0.3, 0.4) is 0 Å². The molecule has 0 radical (unpaired) electrons. The molecular weight excluding hydrogens is 276 g/mol. The molecule has 4 aliphatic carbocycles. The molecule has 0 spiro atoms. The van der Waals surface area contributed by atoms with E-state index in [0.717, 1.165) is 38.5 Å². The number of aliphatic hydroxyl groups is 1. The van der Waals surface area contributed by atoms with Crippen molar-refractivity contribution >= 4 is 5.78 Å². The molecule has 1 aliphatic heterocycles. The van der Waals surface area contributed by atoms with E-state index in [1.807, 2.05) is 0 Å². The molecule has 122 valence electrons. The monoisotopic (exact) mass is 304 g/mol. The molecule has 3 heteroatoms.